The lowest BCUT2D eigenvalue weighted by molar-refractivity contribution is -0.134. The highest BCUT2D eigenvalue weighted by Crippen LogP contribution is 2.40. The quantitative estimate of drug-likeness (QED) is 0.0606. The molecule has 2 saturated heterocycles. The molecular weight excluding hydrogens is 973 g/mol. The number of nitrogens with zero attached hydrogens (tertiary/aromatic N) is 6. The monoisotopic (exact) mass is 1040 g/mol. The molecule has 4 aromatic carbocycles. The second-order valence-corrected chi connectivity index (χ2v) is 23.4. The van der Waals surface area contributed by atoms with Gasteiger partial charge in [-0.25, -0.2) is 14.8 Å². The summed E-state index contributed by atoms with van der Waals surface area (Å²) in [7, 11) is 1.97. The van der Waals surface area contributed by atoms with Gasteiger partial charge in [0.25, 0.3) is 5.91 Å². The molecule has 15 heteroatoms. The molecule has 1 unspecified atom stereocenters. The van der Waals surface area contributed by atoms with Crippen molar-refractivity contribution in [2.45, 2.75) is 128 Å². The second kappa shape index (κ2) is 21.6. The van der Waals surface area contributed by atoms with E-state index in [9.17, 15) is 19.2 Å². The zero-order valence-electron chi connectivity index (χ0n) is 44.3. The summed E-state index contributed by atoms with van der Waals surface area (Å²) < 4.78 is 15.8. The van der Waals surface area contributed by atoms with Crippen molar-refractivity contribution in [3.63, 3.8) is 0 Å². The van der Waals surface area contributed by atoms with Crippen LogP contribution in [0.1, 0.15) is 146 Å². The number of imide groups is 1. The van der Waals surface area contributed by atoms with E-state index in [0.29, 0.717) is 59.8 Å². The Hall–Kier alpha value is -6.97. The average Bonchev–Trinajstić information content (AvgIpc) is 4.16. The van der Waals surface area contributed by atoms with Crippen molar-refractivity contribution < 1.29 is 28.7 Å². The molecule has 11 rings (SSSR count). The van der Waals surface area contributed by atoms with E-state index >= 15 is 0 Å². The van der Waals surface area contributed by atoms with Gasteiger partial charge >= 0.3 is 5.97 Å². The van der Waals surface area contributed by atoms with Gasteiger partial charge in [0.2, 0.25) is 11.8 Å². The Kier molecular flexibility index (Phi) is 14.5. The third-order valence-electron chi connectivity index (χ3n) is 16.0. The van der Waals surface area contributed by atoms with Crippen LogP contribution in [-0.2, 0) is 34.3 Å². The average molecular weight is 1040 g/mol. The highest BCUT2D eigenvalue weighted by Gasteiger charge is 2.34. The summed E-state index contributed by atoms with van der Waals surface area (Å²) in [5.41, 5.74) is 8.71. The first-order valence-electron chi connectivity index (χ1n) is 27.3. The summed E-state index contributed by atoms with van der Waals surface area (Å²) in [5.74, 6) is 1.02. The number of thiazole rings is 1. The number of hydrogen-bond acceptors (Lipinski definition) is 12. The van der Waals surface area contributed by atoms with Crippen LogP contribution in [0.3, 0.4) is 0 Å². The van der Waals surface area contributed by atoms with Crippen molar-refractivity contribution in [2.75, 3.05) is 36.4 Å². The molecule has 2 N–H and O–H groups in total. The van der Waals surface area contributed by atoms with E-state index in [2.05, 4.69) is 56.6 Å². The number of unbranched alkanes of at least 4 members (excludes halogenated alkanes) is 1. The van der Waals surface area contributed by atoms with Crippen LogP contribution in [0.15, 0.2) is 91.0 Å². The normalized spacial score (nSPS) is 20.2. The van der Waals surface area contributed by atoms with Crippen LogP contribution < -0.4 is 20.3 Å². The van der Waals surface area contributed by atoms with Gasteiger partial charge < -0.3 is 19.3 Å². The van der Waals surface area contributed by atoms with E-state index < -0.39 is 17.5 Å². The Morgan fingerprint density at radius 1 is 0.842 bits per heavy atom. The van der Waals surface area contributed by atoms with Gasteiger partial charge in [0, 0.05) is 49.6 Å². The number of aryl methyl sites for hydroxylation is 1. The number of rotatable bonds is 14. The maximum absolute atomic E-state index is 14.1. The fourth-order valence-electron chi connectivity index (χ4n) is 12.1. The second-order valence-electron chi connectivity index (χ2n) is 22.4. The molecule has 0 bridgehead atoms. The number of piperidine rings is 1. The Morgan fingerprint density at radius 3 is 2.47 bits per heavy atom. The maximum atomic E-state index is 14.1. The van der Waals surface area contributed by atoms with E-state index in [-0.39, 0.29) is 29.5 Å². The number of likely N-dealkylation sites (tertiary alicyclic amines) is 1. The molecule has 1 saturated carbocycles. The van der Waals surface area contributed by atoms with Crippen LogP contribution in [0, 0.1) is 12.8 Å². The predicted octanol–water partition coefficient (Wildman–Crippen LogP) is 11.4. The van der Waals surface area contributed by atoms with Gasteiger partial charge in [0.05, 0.1) is 33.4 Å². The molecule has 3 amide bonds. The fraction of sp³-hybridized carbons (Fsp3) is 0.426. The summed E-state index contributed by atoms with van der Waals surface area (Å²) in [6.07, 6.45) is 10.7. The first-order chi connectivity index (χ1) is 36.7. The minimum absolute atomic E-state index is 0.122. The summed E-state index contributed by atoms with van der Waals surface area (Å²) in [5, 5.41) is 12.0. The first-order valence-corrected chi connectivity index (χ1v) is 28.1. The molecule has 3 fully saturated rings. The van der Waals surface area contributed by atoms with Crippen LogP contribution in [0.4, 0.5) is 10.9 Å². The molecule has 7 aromatic rings. The zero-order chi connectivity index (χ0) is 52.7. The van der Waals surface area contributed by atoms with Gasteiger partial charge in [-0.05, 0) is 168 Å². The molecule has 0 radical (unpaired) electrons. The Bertz CT molecular complexity index is 3320. The highest BCUT2D eigenvalue weighted by molar-refractivity contribution is 7.22. The minimum Gasteiger partial charge on any atom is -0.490 e. The smallest absolute Gasteiger partial charge is 0.358 e. The van der Waals surface area contributed by atoms with Crippen LogP contribution in [-0.4, -0.2) is 86.2 Å². The van der Waals surface area contributed by atoms with Gasteiger partial charge in [-0.1, -0.05) is 78.8 Å². The lowest BCUT2D eigenvalue weighted by Gasteiger charge is -2.31. The molecule has 394 valence electrons. The molecule has 14 nitrogen and oxygen atoms in total. The SMILES string of the molecule is Cc1c(OC2CCC(CCCCN3CC[C@H](c4cccc5c(C6CCC(=O)NC6=O)nn(C)c45)C3)CC2)cccc1-c1ccc(N2CCc3cccc(C(=O)Nc4nc5ccccc5s4)c3C2)nc1C(=O)OC(C)(C)C. The lowest BCUT2D eigenvalue weighted by Crippen LogP contribution is -2.39. The molecule has 3 aliphatic heterocycles. The van der Waals surface area contributed by atoms with Crippen molar-refractivity contribution in [3.05, 3.63) is 130 Å². The van der Waals surface area contributed by atoms with Crippen LogP contribution >= 0.6 is 11.3 Å². The molecule has 4 aliphatic rings. The zero-order valence-corrected chi connectivity index (χ0v) is 45.1. The largest absolute Gasteiger partial charge is 0.490 e. The van der Waals surface area contributed by atoms with Gasteiger partial charge in [-0.3, -0.25) is 29.7 Å². The highest BCUT2D eigenvalue weighted by atomic mass is 32.1. The Labute approximate surface area is 448 Å². The molecule has 1 aliphatic carbocycles. The predicted molar refractivity (Wildman–Crippen MR) is 298 cm³/mol. The molecule has 76 heavy (non-hydrogen) atoms. The molecule has 6 heterocycles. The number of carbonyl (C=O) groups is 4. The fourth-order valence-corrected chi connectivity index (χ4v) is 13.0. The van der Waals surface area contributed by atoms with Crippen LogP contribution in [0.25, 0.3) is 32.2 Å². The molecular formula is C61H68N8O6S. The van der Waals surface area contributed by atoms with E-state index in [1.807, 2.05) is 99.2 Å². The number of nitrogens with one attached hydrogen (secondary N) is 2. The number of esters is 1. The lowest BCUT2D eigenvalue weighted by atomic mass is 9.84. The number of anilines is 2. The van der Waals surface area contributed by atoms with Crippen LogP contribution in [0.2, 0.25) is 0 Å². The first kappa shape index (κ1) is 51.2. The third-order valence-corrected chi connectivity index (χ3v) is 17.0. The topological polar surface area (TPSA) is 161 Å². The molecule has 0 spiro atoms. The number of para-hydroxylation sites is 2. The van der Waals surface area contributed by atoms with Crippen molar-refractivity contribution in [1.82, 2.24) is 30.0 Å². The van der Waals surface area contributed by atoms with Crippen molar-refractivity contribution in [1.29, 1.82) is 0 Å². The summed E-state index contributed by atoms with van der Waals surface area (Å²) in [6, 6.07) is 30.1. The van der Waals surface area contributed by atoms with Gasteiger partial charge in [-0.2, -0.15) is 5.10 Å². The number of pyridine rings is 1. The number of benzene rings is 4. The van der Waals surface area contributed by atoms with Gasteiger partial charge in [0.15, 0.2) is 10.8 Å². The number of ether oxygens (including phenoxy) is 2. The standard InChI is InChI=1S/C61H68N8O6S/c1-37-42(44-26-28-52(63-55(44)59(73)75-61(2,3)4)69-34-31-39-14-10-17-45(48(39)36-69)57(71)65-60-62-49-19-6-7-21-51(49)76-60)15-12-20-50(37)74-41-24-22-38(23-25-41)13-8-9-32-68-33-30-40(35-68)43-16-11-18-46-54(66-67(5)56(43)46)47-27-29-53(70)64-58(47)72/h6-7,10-12,14-21,26,28,38,40-41,47H,8-9,13,22-25,27,29-36H2,1-5H3,(H,62,65,71)(H,64,70,72)/t38?,40-,41?,47?/m0/s1. The Balaban J connectivity index is 0.698. The maximum Gasteiger partial charge on any atom is 0.358 e. The summed E-state index contributed by atoms with van der Waals surface area (Å²) >= 11 is 1.45. The van der Waals surface area contributed by atoms with Gasteiger partial charge in [-0.15, -0.1) is 0 Å². The Morgan fingerprint density at radius 2 is 1.66 bits per heavy atom. The number of aromatic nitrogens is 4. The minimum atomic E-state index is -0.731. The van der Waals surface area contributed by atoms with E-state index in [0.717, 1.165) is 113 Å². The third kappa shape index (κ3) is 10.9. The van der Waals surface area contributed by atoms with E-state index in [1.165, 1.54) is 36.2 Å². The number of hydrogen-bond donors (Lipinski definition) is 2. The molecule has 3 aromatic heterocycles. The van der Waals surface area contributed by atoms with Gasteiger partial charge in [0.1, 0.15) is 17.2 Å². The van der Waals surface area contributed by atoms with E-state index in [1.54, 1.807) is 0 Å². The van der Waals surface area contributed by atoms with Crippen molar-refractivity contribution in [2.24, 2.45) is 13.0 Å². The van der Waals surface area contributed by atoms with Crippen molar-refractivity contribution in [3.8, 4) is 16.9 Å². The van der Waals surface area contributed by atoms with E-state index in [4.69, 9.17) is 19.6 Å². The number of amides is 3. The van der Waals surface area contributed by atoms with Crippen molar-refractivity contribution >= 4 is 67.1 Å². The summed E-state index contributed by atoms with van der Waals surface area (Å²) in [4.78, 5) is 67.0. The van der Waals surface area contributed by atoms with Crippen LogP contribution in [0.5, 0.6) is 5.75 Å². The summed E-state index contributed by atoms with van der Waals surface area (Å²) in [6.45, 7) is 12.0. The number of fused-ring (bicyclic) bond motifs is 3. The molecule has 2 atom stereocenters. The number of carbonyl (C=O) groups excluding carboxylic acids is 4.